The van der Waals surface area contributed by atoms with Crippen molar-refractivity contribution in [2.24, 2.45) is 5.92 Å². The second-order valence-electron chi connectivity index (χ2n) is 4.40. The van der Waals surface area contributed by atoms with Crippen LogP contribution in [0.15, 0.2) is 4.34 Å². The molecule has 100 valence electrons. The summed E-state index contributed by atoms with van der Waals surface area (Å²) in [6, 6.07) is 0. The number of rotatable bonds is 5. The van der Waals surface area contributed by atoms with Crippen LogP contribution < -0.4 is 4.90 Å². The number of carbonyl (C=O) groups is 1. The van der Waals surface area contributed by atoms with Crippen LogP contribution in [-0.4, -0.2) is 40.1 Å². The molecule has 1 atom stereocenters. The molecule has 7 heteroatoms. The highest BCUT2D eigenvalue weighted by atomic mass is 32.2. The summed E-state index contributed by atoms with van der Waals surface area (Å²) in [5.74, 6) is -0.0230. The molecule has 1 fully saturated rings. The van der Waals surface area contributed by atoms with Gasteiger partial charge in [0.25, 0.3) is 0 Å². The number of piperidine rings is 1. The molecule has 0 bridgehead atoms. The Kier molecular flexibility index (Phi) is 4.82. The van der Waals surface area contributed by atoms with Crippen molar-refractivity contribution >= 4 is 34.2 Å². The number of aromatic nitrogens is 2. The first-order valence-electron chi connectivity index (χ1n) is 6.12. The molecule has 0 radical (unpaired) electrons. The third-order valence-electron chi connectivity index (χ3n) is 3.08. The number of carboxylic acid groups (broad SMARTS) is 1. The molecule has 0 amide bonds. The molecule has 1 N–H and O–H groups in total. The minimum absolute atomic E-state index is 0.0478. The standard InChI is InChI=1S/C11H17N3O2S2/c1-2-8-4-3-5-14(6-8)10-12-13-11(18-10)17-7-9(15)16/h8H,2-7H2,1H3,(H,15,16). The monoisotopic (exact) mass is 287 g/mol. The lowest BCUT2D eigenvalue weighted by Gasteiger charge is -2.31. The number of hydrogen-bond donors (Lipinski definition) is 1. The van der Waals surface area contributed by atoms with Gasteiger partial charge in [-0.15, -0.1) is 10.2 Å². The van der Waals surface area contributed by atoms with Gasteiger partial charge in [0, 0.05) is 13.1 Å². The van der Waals surface area contributed by atoms with Crippen LogP contribution in [0.25, 0.3) is 0 Å². The Hall–Kier alpha value is -0.820. The van der Waals surface area contributed by atoms with Gasteiger partial charge in [-0.2, -0.15) is 0 Å². The molecule has 0 saturated carbocycles. The summed E-state index contributed by atoms with van der Waals surface area (Å²) in [6.45, 7) is 4.31. The van der Waals surface area contributed by atoms with E-state index < -0.39 is 5.97 Å². The summed E-state index contributed by atoms with van der Waals surface area (Å²) < 4.78 is 0.742. The summed E-state index contributed by atoms with van der Waals surface area (Å²) in [6.07, 6.45) is 3.71. The highest BCUT2D eigenvalue weighted by molar-refractivity contribution is 8.01. The first-order valence-corrected chi connectivity index (χ1v) is 7.92. The Morgan fingerprint density at radius 2 is 2.44 bits per heavy atom. The molecular formula is C11H17N3O2S2. The predicted octanol–water partition coefficient (Wildman–Crippen LogP) is 2.34. The highest BCUT2D eigenvalue weighted by Gasteiger charge is 2.21. The maximum Gasteiger partial charge on any atom is 0.313 e. The summed E-state index contributed by atoms with van der Waals surface area (Å²) in [7, 11) is 0. The van der Waals surface area contributed by atoms with Gasteiger partial charge in [-0.1, -0.05) is 36.4 Å². The molecule has 0 aromatic carbocycles. The van der Waals surface area contributed by atoms with Crippen LogP contribution in [-0.2, 0) is 4.79 Å². The second kappa shape index (κ2) is 6.38. The number of nitrogens with zero attached hydrogens (tertiary/aromatic N) is 3. The summed E-state index contributed by atoms with van der Waals surface area (Å²) in [5, 5.41) is 17.8. The third kappa shape index (κ3) is 3.58. The fourth-order valence-corrected chi connectivity index (χ4v) is 3.68. The zero-order chi connectivity index (χ0) is 13.0. The van der Waals surface area contributed by atoms with Crippen LogP contribution in [0.1, 0.15) is 26.2 Å². The van der Waals surface area contributed by atoms with Crippen molar-refractivity contribution in [1.29, 1.82) is 0 Å². The fraction of sp³-hybridized carbons (Fsp3) is 0.727. The fourth-order valence-electron chi connectivity index (χ4n) is 2.08. The molecule has 1 aliphatic rings. The van der Waals surface area contributed by atoms with Gasteiger partial charge in [-0.3, -0.25) is 4.79 Å². The maximum absolute atomic E-state index is 10.5. The summed E-state index contributed by atoms with van der Waals surface area (Å²) in [4.78, 5) is 12.8. The maximum atomic E-state index is 10.5. The topological polar surface area (TPSA) is 66.3 Å². The van der Waals surface area contributed by atoms with Crippen molar-refractivity contribution < 1.29 is 9.90 Å². The first-order chi connectivity index (χ1) is 8.69. The van der Waals surface area contributed by atoms with Crippen LogP contribution in [0.2, 0.25) is 0 Å². The van der Waals surface area contributed by atoms with Crippen LogP contribution in [0, 0.1) is 5.92 Å². The smallest absolute Gasteiger partial charge is 0.313 e. The average Bonchev–Trinajstić information content (AvgIpc) is 2.85. The lowest BCUT2D eigenvalue weighted by molar-refractivity contribution is -0.133. The van der Waals surface area contributed by atoms with Gasteiger partial charge >= 0.3 is 5.97 Å². The van der Waals surface area contributed by atoms with E-state index in [2.05, 4.69) is 22.0 Å². The molecular weight excluding hydrogens is 270 g/mol. The minimum Gasteiger partial charge on any atom is -0.481 e. The Bertz CT molecular complexity index is 411. The molecule has 1 unspecified atom stereocenters. The van der Waals surface area contributed by atoms with E-state index in [0.717, 1.165) is 28.5 Å². The van der Waals surface area contributed by atoms with Gasteiger partial charge in [-0.05, 0) is 18.8 Å². The van der Waals surface area contributed by atoms with E-state index in [-0.39, 0.29) is 5.75 Å². The van der Waals surface area contributed by atoms with Gasteiger partial charge in [0.2, 0.25) is 5.13 Å². The van der Waals surface area contributed by atoms with Gasteiger partial charge < -0.3 is 10.0 Å². The van der Waals surface area contributed by atoms with Crippen LogP contribution in [0.5, 0.6) is 0 Å². The van der Waals surface area contributed by atoms with Crippen molar-refractivity contribution in [1.82, 2.24) is 10.2 Å². The summed E-state index contributed by atoms with van der Waals surface area (Å²) in [5.41, 5.74) is 0. The van der Waals surface area contributed by atoms with Gasteiger partial charge in [0.05, 0.1) is 5.75 Å². The van der Waals surface area contributed by atoms with E-state index in [0.29, 0.717) is 0 Å². The SMILES string of the molecule is CCC1CCCN(c2nnc(SCC(=O)O)s2)C1. The zero-order valence-corrected chi connectivity index (χ0v) is 12.0. The molecule has 1 aliphatic heterocycles. The largest absolute Gasteiger partial charge is 0.481 e. The lowest BCUT2D eigenvalue weighted by Crippen LogP contribution is -2.35. The van der Waals surface area contributed by atoms with Gasteiger partial charge in [0.1, 0.15) is 0 Å². The number of anilines is 1. The van der Waals surface area contributed by atoms with E-state index in [1.54, 1.807) is 0 Å². The summed E-state index contributed by atoms with van der Waals surface area (Å²) >= 11 is 2.74. The van der Waals surface area contributed by atoms with Crippen molar-refractivity contribution in [3.05, 3.63) is 0 Å². The quantitative estimate of drug-likeness (QED) is 0.839. The molecule has 5 nitrogen and oxygen atoms in total. The van der Waals surface area contributed by atoms with E-state index in [9.17, 15) is 4.79 Å². The van der Waals surface area contributed by atoms with E-state index in [4.69, 9.17) is 5.11 Å². The van der Waals surface area contributed by atoms with Crippen LogP contribution >= 0.6 is 23.1 Å². The van der Waals surface area contributed by atoms with Gasteiger partial charge in [-0.25, -0.2) is 0 Å². The molecule has 1 saturated heterocycles. The Morgan fingerprint density at radius 3 is 3.17 bits per heavy atom. The van der Waals surface area contributed by atoms with E-state index in [1.807, 2.05) is 0 Å². The Labute approximate surface area is 115 Å². The van der Waals surface area contributed by atoms with E-state index in [1.165, 1.54) is 42.4 Å². The zero-order valence-electron chi connectivity index (χ0n) is 10.3. The molecule has 2 rings (SSSR count). The molecule has 1 aromatic rings. The van der Waals surface area contributed by atoms with Crippen LogP contribution in [0.4, 0.5) is 5.13 Å². The van der Waals surface area contributed by atoms with Crippen LogP contribution in [0.3, 0.4) is 0 Å². The number of hydrogen-bond acceptors (Lipinski definition) is 6. The molecule has 0 aliphatic carbocycles. The van der Waals surface area contributed by atoms with Crippen molar-refractivity contribution in [2.75, 3.05) is 23.7 Å². The predicted molar refractivity (Wildman–Crippen MR) is 73.5 cm³/mol. The number of thioether (sulfide) groups is 1. The normalized spacial score (nSPS) is 20.1. The van der Waals surface area contributed by atoms with E-state index >= 15 is 0 Å². The lowest BCUT2D eigenvalue weighted by atomic mass is 9.96. The van der Waals surface area contributed by atoms with Crippen molar-refractivity contribution in [3.63, 3.8) is 0 Å². The third-order valence-corrected chi connectivity index (χ3v) is 5.18. The Morgan fingerprint density at radius 1 is 1.61 bits per heavy atom. The first kappa shape index (κ1) is 13.6. The average molecular weight is 287 g/mol. The molecule has 0 spiro atoms. The molecule has 18 heavy (non-hydrogen) atoms. The van der Waals surface area contributed by atoms with Crippen molar-refractivity contribution in [2.45, 2.75) is 30.5 Å². The Balaban J connectivity index is 1.94. The highest BCUT2D eigenvalue weighted by Crippen LogP contribution is 2.31. The molecule has 2 heterocycles. The number of carboxylic acids is 1. The second-order valence-corrected chi connectivity index (χ2v) is 6.57. The number of aliphatic carboxylic acids is 1. The van der Waals surface area contributed by atoms with Crippen molar-refractivity contribution in [3.8, 4) is 0 Å². The minimum atomic E-state index is -0.819. The van der Waals surface area contributed by atoms with Gasteiger partial charge in [0.15, 0.2) is 4.34 Å². The molecule has 1 aromatic heterocycles.